The Labute approximate surface area is 121 Å². The molecule has 0 bridgehead atoms. The summed E-state index contributed by atoms with van der Waals surface area (Å²) >= 11 is 11.7. The van der Waals surface area contributed by atoms with Crippen LogP contribution in [0.5, 0.6) is 0 Å². The summed E-state index contributed by atoms with van der Waals surface area (Å²) in [5.74, 6) is -0.341. The molecule has 0 fully saturated rings. The minimum Gasteiger partial charge on any atom is -0.351 e. The van der Waals surface area contributed by atoms with Crippen LogP contribution < -0.4 is 0 Å². The van der Waals surface area contributed by atoms with Gasteiger partial charge in [-0.3, -0.25) is 0 Å². The van der Waals surface area contributed by atoms with Gasteiger partial charge in [-0.1, -0.05) is 29.3 Å². The Morgan fingerprint density at radius 3 is 2.55 bits per heavy atom. The minimum absolute atomic E-state index is 0.127. The first-order valence-corrected chi connectivity index (χ1v) is 6.33. The van der Waals surface area contributed by atoms with Gasteiger partial charge in [0.25, 0.3) is 0 Å². The van der Waals surface area contributed by atoms with Gasteiger partial charge in [0.1, 0.15) is 0 Å². The first kappa shape index (κ1) is 13.7. The van der Waals surface area contributed by atoms with Crippen LogP contribution in [0.4, 0.5) is 13.2 Å². The van der Waals surface area contributed by atoms with Gasteiger partial charge in [-0.2, -0.15) is 13.2 Å². The average Bonchev–Trinajstić information content (AvgIpc) is 2.95. The summed E-state index contributed by atoms with van der Waals surface area (Å²) in [5.41, 5.74) is -1.89. The molecule has 1 aliphatic heterocycles. The number of H-pyrrole nitrogens is 1. The number of aromatic amines is 1. The van der Waals surface area contributed by atoms with Gasteiger partial charge in [0.05, 0.1) is 27.7 Å². The Balaban J connectivity index is 2.21. The van der Waals surface area contributed by atoms with Crippen molar-refractivity contribution >= 4 is 34.2 Å². The molecule has 1 unspecified atom stereocenters. The van der Waals surface area contributed by atoms with Crippen molar-refractivity contribution in [2.24, 2.45) is 0 Å². The van der Waals surface area contributed by atoms with Crippen LogP contribution in [-0.2, 0) is 10.3 Å². The van der Waals surface area contributed by atoms with Crippen LogP contribution in [-0.4, -0.2) is 22.8 Å². The lowest BCUT2D eigenvalue weighted by Gasteiger charge is -2.27. The first-order chi connectivity index (χ1) is 9.33. The monoisotopic (exact) mass is 322 g/mol. The zero-order chi connectivity index (χ0) is 14.5. The molecule has 20 heavy (non-hydrogen) atoms. The molecule has 0 aliphatic carbocycles. The van der Waals surface area contributed by atoms with Gasteiger partial charge in [-0.15, -0.1) is 0 Å². The number of aromatic nitrogens is 2. The minimum atomic E-state index is -4.62. The molecule has 2 aromatic rings. The summed E-state index contributed by atoms with van der Waals surface area (Å²) in [6.45, 7) is -0.127. The number of fused-ring (bicyclic) bond motifs is 1. The van der Waals surface area contributed by atoms with Crippen molar-refractivity contribution in [2.45, 2.75) is 11.8 Å². The Bertz CT molecular complexity index is 672. The van der Waals surface area contributed by atoms with E-state index in [0.717, 1.165) is 6.08 Å². The van der Waals surface area contributed by atoms with Gasteiger partial charge >= 0.3 is 6.18 Å². The van der Waals surface area contributed by atoms with E-state index in [2.05, 4.69) is 9.97 Å². The maximum Gasteiger partial charge on any atom is 0.428 e. The normalized spacial score (nSPS) is 22.9. The molecule has 1 aliphatic rings. The summed E-state index contributed by atoms with van der Waals surface area (Å²) in [6.07, 6.45) is -2.37. The molecule has 106 valence electrons. The van der Waals surface area contributed by atoms with Crippen LogP contribution >= 0.6 is 23.2 Å². The molecular weight excluding hydrogens is 316 g/mol. The summed E-state index contributed by atoms with van der Waals surface area (Å²) < 4.78 is 44.8. The van der Waals surface area contributed by atoms with Crippen LogP contribution in [0, 0.1) is 0 Å². The number of nitrogens with one attached hydrogen (secondary N) is 1. The highest BCUT2D eigenvalue weighted by molar-refractivity contribution is 6.42. The van der Waals surface area contributed by atoms with E-state index in [0.29, 0.717) is 11.0 Å². The number of hydrogen-bond acceptors (Lipinski definition) is 2. The number of benzene rings is 1. The van der Waals surface area contributed by atoms with E-state index in [-0.39, 0.29) is 22.5 Å². The summed E-state index contributed by atoms with van der Waals surface area (Å²) in [5, 5.41) is 0.458. The second-order valence-electron chi connectivity index (χ2n) is 4.32. The number of nitrogens with zero attached hydrogens (tertiary/aromatic N) is 1. The third kappa shape index (κ3) is 1.90. The molecule has 0 amide bonds. The highest BCUT2D eigenvalue weighted by Crippen LogP contribution is 2.45. The maximum atomic E-state index is 13.3. The first-order valence-electron chi connectivity index (χ1n) is 5.57. The zero-order valence-electron chi connectivity index (χ0n) is 9.76. The van der Waals surface area contributed by atoms with Crippen LogP contribution in [0.1, 0.15) is 5.82 Å². The van der Waals surface area contributed by atoms with Crippen LogP contribution in [0.2, 0.25) is 10.0 Å². The molecule has 0 spiro atoms. The van der Waals surface area contributed by atoms with Crippen LogP contribution in [0.25, 0.3) is 11.0 Å². The van der Waals surface area contributed by atoms with Gasteiger partial charge < -0.3 is 9.72 Å². The smallest absolute Gasteiger partial charge is 0.351 e. The van der Waals surface area contributed by atoms with E-state index in [1.165, 1.54) is 18.2 Å². The molecule has 0 radical (unpaired) electrons. The fourth-order valence-corrected chi connectivity index (χ4v) is 2.40. The molecular formula is C12H7Cl2F3N2O. The lowest BCUT2D eigenvalue weighted by atomic mass is 10.0. The van der Waals surface area contributed by atoms with Gasteiger partial charge in [-0.05, 0) is 18.2 Å². The Kier molecular flexibility index (Phi) is 3.00. The van der Waals surface area contributed by atoms with E-state index in [4.69, 9.17) is 27.9 Å². The lowest BCUT2D eigenvalue weighted by molar-refractivity contribution is -0.257. The third-order valence-corrected chi connectivity index (χ3v) is 3.78. The predicted molar refractivity (Wildman–Crippen MR) is 68.9 cm³/mol. The number of rotatable bonds is 1. The summed E-state index contributed by atoms with van der Waals surface area (Å²) in [4.78, 5) is 6.54. The highest BCUT2D eigenvalue weighted by atomic mass is 35.5. The van der Waals surface area contributed by atoms with Crippen molar-refractivity contribution in [1.82, 2.24) is 9.97 Å². The van der Waals surface area contributed by atoms with Crippen molar-refractivity contribution in [1.29, 1.82) is 0 Å². The van der Waals surface area contributed by atoms with Crippen LogP contribution in [0.15, 0.2) is 24.3 Å². The highest BCUT2D eigenvalue weighted by Gasteiger charge is 2.59. The van der Waals surface area contributed by atoms with Crippen molar-refractivity contribution < 1.29 is 17.9 Å². The predicted octanol–water partition coefficient (Wildman–Crippen LogP) is 4.21. The quantitative estimate of drug-likeness (QED) is 0.798. The molecule has 0 saturated carbocycles. The molecule has 2 heterocycles. The fraction of sp³-hybridized carbons (Fsp3) is 0.250. The zero-order valence-corrected chi connectivity index (χ0v) is 11.3. The second-order valence-corrected chi connectivity index (χ2v) is 5.13. The molecule has 3 rings (SSSR count). The van der Waals surface area contributed by atoms with E-state index in [1.54, 1.807) is 0 Å². The maximum absolute atomic E-state index is 13.3. The van der Waals surface area contributed by atoms with Crippen molar-refractivity contribution in [2.75, 3.05) is 6.61 Å². The second kappa shape index (κ2) is 4.38. The van der Waals surface area contributed by atoms with Crippen LogP contribution in [0.3, 0.4) is 0 Å². The van der Waals surface area contributed by atoms with Gasteiger partial charge in [0.15, 0.2) is 5.82 Å². The van der Waals surface area contributed by atoms with Crippen molar-refractivity contribution in [3.05, 3.63) is 40.2 Å². The molecule has 1 atom stereocenters. The van der Waals surface area contributed by atoms with Gasteiger partial charge in [0, 0.05) is 0 Å². The average molecular weight is 323 g/mol. The standard InChI is InChI=1S/C12H7Cl2F3N2O/c13-6-4-8-9(5-7(6)14)19-10(18-8)11(12(15,16)17)2-1-3-20-11/h1-2,4-5H,3H2,(H,18,19). The topological polar surface area (TPSA) is 37.9 Å². The lowest BCUT2D eigenvalue weighted by Crippen LogP contribution is -2.42. The Hall–Kier alpha value is -1.24. The molecule has 1 aromatic carbocycles. The van der Waals surface area contributed by atoms with Gasteiger partial charge in [-0.25, -0.2) is 4.98 Å². The van der Waals surface area contributed by atoms with E-state index in [1.807, 2.05) is 0 Å². The van der Waals surface area contributed by atoms with Gasteiger partial charge in [0.2, 0.25) is 5.60 Å². The Morgan fingerprint density at radius 1 is 1.25 bits per heavy atom. The van der Waals surface area contributed by atoms with E-state index < -0.39 is 11.8 Å². The SMILES string of the molecule is FC(F)(F)C1(c2nc3cc(Cl)c(Cl)cc3[nH]2)C=CCO1. The third-order valence-electron chi connectivity index (χ3n) is 3.06. The fourth-order valence-electron chi connectivity index (χ4n) is 2.08. The molecule has 1 N–H and O–H groups in total. The van der Waals surface area contributed by atoms with E-state index >= 15 is 0 Å². The number of ether oxygens (including phenoxy) is 1. The number of imidazole rings is 1. The molecule has 1 aromatic heterocycles. The van der Waals surface area contributed by atoms with E-state index in [9.17, 15) is 13.2 Å². The molecule has 3 nitrogen and oxygen atoms in total. The Morgan fingerprint density at radius 2 is 1.95 bits per heavy atom. The summed E-state index contributed by atoms with van der Waals surface area (Å²) in [6, 6.07) is 2.83. The largest absolute Gasteiger partial charge is 0.428 e. The molecule has 8 heteroatoms. The summed E-state index contributed by atoms with van der Waals surface area (Å²) in [7, 11) is 0. The van der Waals surface area contributed by atoms with Crippen molar-refractivity contribution in [3.8, 4) is 0 Å². The van der Waals surface area contributed by atoms with Crippen molar-refractivity contribution in [3.63, 3.8) is 0 Å². The number of hydrogen-bond donors (Lipinski definition) is 1. The molecule has 0 saturated heterocycles. The number of alkyl halides is 3. The number of halogens is 5.